The van der Waals surface area contributed by atoms with E-state index in [1.165, 1.54) is 6.21 Å². The second kappa shape index (κ2) is 4.59. The SMILES string of the molecule is FC(F)C1(c2cccc(Br)c2)COCC=N1. The van der Waals surface area contributed by atoms with Gasteiger partial charge in [0.25, 0.3) is 6.43 Å². The molecule has 5 heteroatoms. The van der Waals surface area contributed by atoms with Crippen LogP contribution in [0.15, 0.2) is 33.7 Å². The summed E-state index contributed by atoms with van der Waals surface area (Å²) in [6.07, 6.45) is -1.19. The Kier molecular flexibility index (Phi) is 3.35. The van der Waals surface area contributed by atoms with E-state index < -0.39 is 12.0 Å². The van der Waals surface area contributed by atoms with E-state index in [9.17, 15) is 8.78 Å². The highest BCUT2D eigenvalue weighted by atomic mass is 79.9. The number of hydrogen-bond donors (Lipinski definition) is 0. The van der Waals surface area contributed by atoms with Crippen LogP contribution in [0.3, 0.4) is 0 Å². The van der Waals surface area contributed by atoms with Crippen molar-refractivity contribution < 1.29 is 13.5 Å². The molecule has 1 aromatic carbocycles. The summed E-state index contributed by atoms with van der Waals surface area (Å²) in [4.78, 5) is 3.95. The van der Waals surface area contributed by atoms with Crippen molar-refractivity contribution >= 4 is 22.1 Å². The summed E-state index contributed by atoms with van der Waals surface area (Å²) in [6, 6.07) is 6.80. The summed E-state index contributed by atoms with van der Waals surface area (Å²) in [5.74, 6) is 0. The number of nitrogens with zero attached hydrogens (tertiary/aromatic N) is 1. The van der Waals surface area contributed by atoms with Crippen molar-refractivity contribution in [3.63, 3.8) is 0 Å². The Morgan fingerprint density at radius 1 is 1.44 bits per heavy atom. The van der Waals surface area contributed by atoms with Gasteiger partial charge < -0.3 is 4.74 Å². The van der Waals surface area contributed by atoms with Gasteiger partial charge in [-0.1, -0.05) is 28.1 Å². The number of rotatable bonds is 2. The smallest absolute Gasteiger partial charge is 0.269 e. The molecule has 1 heterocycles. The molecule has 0 aromatic heterocycles. The van der Waals surface area contributed by atoms with Crippen LogP contribution in [0.25, 0.3) is 0 Å². The average Bonchev–Trinajstić information content (AvgIpc) is 2.30. The van der Waals surface area contributed by atoms with E-state index >= 15 is 0 Å². The zero-order chi connectivity index (χ0) is 11.6. The minimum Gasteiger partial charge on any atom is -0.373 e. The molecule has 1 aliphatic heterocycles. The predicted molar refractivity (Wildman–Crippen MR) is 61.1 cm³/mol. The van der Waals surface area contributed by atoms with Crippen LogP contribution in [0.1, 0.15) is 5.56 Å². The van der Waals surface area contributed by atoms with Crippen LogP contribution in [0.4, 0.5) is 8.78 Å². The first-order chi connectivity index (χ1) is 7.65. The zero-order valence-electron chi connectivity index (χ0n) is 8.37. The number of halogens is 3. The van der Waals surface area contributed by atoms with Crippen molar-refractivity contribution in [1.29, 1.82) is 0 Å². The summed E-state index contributed by atoms with van der Waals surface area (Å²) < 4.78 is 32.2. The van der Waals surface area contributed by atoms with Gasteiger partial charge >= 0.3 is 0 Å². The Labute approximate surface area is 100 Å². The Morgan fingerprint density at radius 3 is 2.81 bits per heavy atom. The summed E-state index contributed by atoms with van der Waals surface area (Å²) in [5.41, 5.74) is -1.09. The van der Waals surface area contributed by atoms with Gasteiger partial charge in [-0.15, -0.1) is 0 Å². The molecule has 0 saturated heterocycles. The van der Waals surface area contributed by atoms with Crippen LogP contribution < -0.4 is 0 Å². The number of aliphatic imine (C=N–C) groups is 1. The van der Waals surface area contributed by atoms with Crippen molar-refractivity contribution in [1.82, 2.24) is 0 Å². The van der Waals surface area contributed by atoms with Gasteiger partial charge in [-0.25, -0.2) is 8.78 Å². The molecule has 1 aliphatic rings. The molecular weight excluding hydrogens is 280 g/mol. The molecule has 0 N–H and O–H groups in total. The second-order valence-corrected chi connectivity index (χ2v) is 4.48. The molecule has 2 rings (SSSR count). The van der Waals surface area contributed by atoms with E-state index in [1.54, 1.807) is 24.3 Å². The fraction of sp³-hybridized carbons (Fsp3) is 0.364. The monoisotopic (exact) mass is 289 g/mol. The molecule has 0 saturated carbocycles. The Bertz CT molecular complexity index is 411. The van der Waals surface area contributed by atoms with Gasteiger partial charge in [0.15, 0.2) is 5.54 Å². The van der Waals surface area contributed by atoms with Gasteiger partial charge in [0.2, 0.25) is 0 Å². The highest BCUT2D eigenvalue weighted by Gasteiger charge is 2.43. The largest absolute Gasteiger partial charge is 0.373 e. The molecule has 86 valence electrons. The maximum absolute atomic E-state index is 13.2. The molecule has 0 amide bonds. The first-order valence-electron chi connectivity index (χ1n) is 4.81. The topological polar surface area (TPSA) is 21.6 Å². The fourth-order valence-electron chi connectivity index (χ4n) is 1.67. The molecule has 0 fully saturated rings. The van der Waals surface area contributed by atoms with E-state index in [4.69, 9.17) is 4.74 Å². The molecular formula is C11H10BrF2NO. The molecule has 1 atom stereocenters. The van der Waals surface area contributed by atoms with Gasteiger partial charge in [-0.3, -0.25) is 4.99 Å². The molecule has 16 heavy (non-hydrogen) atoms. The number of ether oxygens (including phenoxy) is 1. The van der Waals surface area contributed by atoms with Crippen LogP contribution in [0, 0.1) is 0 Å². The molecule has 0 aliphatic carbocycles. The van der Waals surface area contributed by atoms with Crippen LogP contribution in [-0.2, 0) is 10.3 Å². The van der Waals surface area contributed by atoms with Crippen molar-refractivity contribution in [2.24, 2.45) is 4.99 Å². The minimum atomic E-state index is -2.58. The molecule has 1 aromatic rings. The van der Waals surface area contributed by atoms with Gasteiger partial charge in [-0.05, 0) is 17.7 Å². The number of hydrogen-bond acceptors (Lipinski definition) is 2. The average molecular weight is 290 g/mol. The van der Waals surface area contributed by atoms with Crippen LogP contribution in [-0.4, -0.2) is 25.9 Å². The van der Waals surface area contributed by atoms with E-state index in [2.05, 4.69) is 20.9 Å². The standard InChI is InChI=1S/C11H10BrF2NO/c12-9-3-1-2-8(6-9)11(10(13)14)7-16-5-4-15-11/h1-4,6,10H,5,7H2. The second-order valence-electron chi connectivity index (χ2n) is 3.56. The van der Waals surface area contributed by atoms with Gasteiger partial charge in [-0.2, -0.15) is 0 Å². The quantitative estimate of drug-likeness (QED) is 0.820. The third kappa shape index (κ3) is 2.01. The summed E-state index contributed by atoms with van der Waals surface area (Å²) >= 11 is 3.26. The summed E-state index contributed by atoms with van der Waals surface area (Å²) in [6.45, 7) is 0.208. The third-order valence-electron chi connectivity index (χ3n) is 2.52. The summed E-state index contributed by atoms with van der Waals surface area (Å²) in [5, 5.41) is 0. The molecule has 0 spiro atoms. The van der Waals surface area contributed by atoms with Gasteiger partial charge in [0, 0.05) is 10.7 Å². The van der Waals surface area contributed by atoms with Gasteiger partial charge in [0.05, 0.1) is 13.2 Å². The van der Waals surface area contributed by atoms with Crippen molar-refractivity contribution in [2.75, 3.05) is 13.2 Å². The highest BCUT2D eigenvalue weighted by molar-refractivity contribution is 9.10. The van der Waals surface area contributed by atoms with Crippen molar-refractivity contribution in [2.45, 2.75) is 12.0 Å². The Hall–Kier alpha value is -0.810. The van der Waals surface area contributed by atoms with E-state index in [0.29, 0.717) is 12.2 Å². The first-order valence-corrected chi connectivity index (χ1v) is 5.60. The number of benzene rings is 1. The molecule has 2 nitrogen and oxygen atoms in total. The molecule has 0 bridgehead atoms. The first kappa shape index (κ1) is 11.7. The van der Waals surface area contributed by atoms with Crippen LogP contribution >= 0.6 is 15.9 Å². The van der Waals surface area contributed by atoms with Crippen molar-refractivity contribution in [3.05, 3.63) is 34.3 Å². The van der Waals surface area contributed by atoms with Crippen LogP contribution in [0.5, 0.6) is 0 Å². The minimum absolute atomic E-state index is 0.0857. The fourth-order valence-corrected chi connectivity index (χ4v) is 2.06. The lowest BCUT2D eigenvalue weighted by molar-refractivity contribution is -0.0110. The molecule has 0 radical (unpaired) electrons. The maximum atomic E-state index is 13.2. The number of alkyl halides is 2. The highest BCUT2D eigenvalue weighted by Crippen LogP contribution is 2.35. The van der Waals surface area contributed by atoms with Gasteiger partial charge in [0.1, 0.15) is 0 Å². The lowest BCUT2D eigenvalue weighted by Gasteiger charge is -2.31. The summed E-state index contributed by atoms with van der Waals surface area (Å²) in [7, 11) is 0. The van der Waals surface area contributed by atoms with E-state index in [0.717, 1.165) is 4.47 Å². The van der Waals surface area contributed by atoms with Crippen molar-refractivity contribution in [3.8, 4) is 0 Å². The Morgan fingerprint density at radius 2 is 2.25 bits per heavy atom. The molecule has 1 unspecified atom stereocenters. The van der Waals surface area contributed by atoms with Crippen LogP contribution in [0.2, 0.25) is 0 Å². The van der Waals surface area contributed by atoms with E-state index in [1.807, 2.05) is 0 Å². The zero-order valence-corrected chi connectivity index (χ0v) is 9.95. The lowest BCUT2D eigenvalue weighted by Crippen LogP contribution is -2.40. The maximum Gasteiger partial charge on any atom is 0.269 e. The third-order valence-corrected chi connectivity index (χ3v) is 3.01. The predicted octanol–water partition coefficient (Wildman–Crippen LogP) is 3.01. The van der Waals surface area contributed by atoms with E-state index in [-0.39, 0.29) is 6.61 Å². The normalized spacial score (nSPS) is 25.0. The lowest BCUT2D eigenvalue weighted by atomic mass is 9.91. The Balaban J connectivity index is 2.47.